The third-order valence-electron chi connectivity index (χ3n) is 4.32. The quantitative estimate of drug-likeness (QED) is 0.668. The van der Waals surface area contributed by atoms with E-state index in [1.165, 1.54) is 0 Å². The van der Waals surface area contributed by atoms with Gasteiger partial charge in [-0.3, -0.25) is 24.1 Å². The number of amides is 4. The number of benzene rings is 2. The highest BCUT2D eigenvalue weighted by Crippen LogP contribution is 2.31. The normalized spacial score (nSPS) is 14.8. The molecule has 0 spiro atoms. The minimum absolute atomic E-state index is 0.0639. The van der Waals surface area contributed by atoms with E-state index in [2.05, 4.69) is 10.6 Å². The Labute approximate surface area is 178 Å². The summed E-state index contributed by atoms with van der Waals surface area (Å²) in [6.07, 6.45) is 1.67. The maximum Gasteiger partial charge on any atom is 0.293 e. The highest BCUT2D eigenvalue weighted by atomic mass is 32.2. The topological polar surface area (TPSA) is 95.6 Å². The van der Waals surface area contributed by atoms with Gasteiger partial charge < -0.3 is 10.6 Å². The lowest BCUT2D eigenvalue weighted by Crippen LogP contribution is -2.41. The van der Waals surface area contributed by atoms with Crippen molar-refractivity contribution in [3.05, 3.63) is 76.2 Å². The lowest BCUT2D eigenvalue weighted by molar-refractivity contribution is -0.124. The summed E-state index contributed by atoms with van der Waals surface area (Å²) in [5.41, 5.74) is 2.26. The molecule has 0 bridgehead atoms. The molecule has 0 atom stereocenters. The predicted octanol–water partition coefficient (Wildman–Crippen LogP) is 2.58. The van der Waals surface area contributed by atoms with Crippen molar-refractivity contribution < 1.29 is 19.2 Å². The summed E-state index contributed by atoms with van der Waals surface area (Å²) in [6, 6.07) is 16.3. The molecule has 2 aromatic rings. The van der Waals surface area contributed by atoms with Crippen LogP contribution < -0.4 is 10.6 Å². The Morgan fingerprint density at radius 2 is 1.80 bits per heavy atom. The number of nitrogens with zero attached hydrogens (tertiary/aromatic N) is 1. The number of imide groups is 1. The molecule has 1 heterocycles. The highest BCUT2D eigenvalue weighted by Gasteiger charge is 2.34. The Morgan fingerprint density at radius 1 is 1.03 bits per heavy atom. The predicted molar refractivity (Wildman–Crippen MR) is 116 cm³/mol. The lowest BCUT2D eigenvalue weighted by atomic mass is 10.1. The van der Waals surface area contributed by atoms with Crippen LogP contribution >= 0.6 is 11.8 Å². The van der Waals surface area contributed by atoms with Crippen LogP contribution in [0.15, 0.2) is 59.5 Å². The average molecular weight is 423 g/mol. The third-order valence-corrected chi connectivity index (χ3v) is 5.23. The zero-order valence-electron chi connectivity index (χ0n) is 16.4. The minimum atomic E-state index is -0.400. The number of carbonyl (C=O) groups is 4. The van der Waals surface area contributed by atoms with Crippen molar-refractivity contribution in [1.82, 2.24) is 15.5 Å². The highest BCUT2D eigenvalue weighted by molar-refractivity contribution is 8.18. The summed E-state index contributed by atoms with van der Waals surface area (Å²) in [7, 11) is 0. The first-order valence-electron chi connectivity index (χ1n) is 9.36. The van der Waals surface area contributed by atoms with Gasteiger partial charge in [-0.15, -0.1) is 0 Å². The SMILES string of the molecule is Cc1cccc(C(=O)NCC(=O)NCCN2C(=O)SC(=Cc3ccccc3)C2=O)c1. The fourth-order valence-corrected chi connectivity index (χ4v) is 3.68. The molecule has 1 saturated heterocycles. The Morgan fingerprint density at radius 3 is 2.53 bits per heavy atom. The van der Waals surface area contributed by atoms with Gasteiger partial charge in [-0.2, -0.15) is 0 Å². The molecule has 0 radical (unpaired) electrons. The van der Waals surface area contributed by atoms with Crippen molar-refractivity contribution in [2.45, 2.75) is 6.92 Å². The van der Waals surface area contributed by atoms with E-state index in [1.54, 1.807) is 24.3 Å². The first-order chi connectivity index (χ1) is 14.4. The van der Waals surface area contributed by atoms with Gasteiger partial charge in [-0.25, -0.2) is 0 Å². The molecule has 7 nitrogen and oxygen atoms in total. The average Bonchev–Trinajstić information content (AvgIpc) is 3.00. The van der Waals surface area contributed by atoms with Crippen LogP contribution in [0.4, 0.5) is 4.79 Å². The molecule has 0 aliphatic carbocycles. The first-order valence-corrected chi connectivity index (χ1v) is 10.2. The molecular formula is C22H21N3O4S. The molecule has 0 saturated carbocycles. The number of thioether (sulfide) groups is 1. The summed E-state index contributed by atoms with van der Waals surface area (Å²) in [6.45, 7) is 1.86. The van der Waals surface area contributed by atoms with Crippen LogP contribution in [0, 0.1) is 6.92 Å². The van der Waals surface area contributed by atoms with Gasteiger partial charge in [0.05, 0.1) is 11.4 Å². The molecule has 154 valence electrons. The molecule has 2 aromatic carbocycles. The van der Waals surface area contributed by atoms with Crippen molar-refractivity contribution in [3.8, 4) is 0 Å². The van der Waals surface area contributed by atoms with E-state index in [9.17, 15) is 19.2 Å². The summed E-state index contributed by atoms with van der Waals surface area (Å²) in [5, 5.41) is 4.78. The molecule has 4 amide bonds. The summed E-state index contributed by atoms with van der Waals surface area (Å²) < 4.78 is 0. The van der Waals surface area contributed by atoms with Crippen LogP contribution in [-0.2, 0) is 9.59 Å². The summed E-state index contributed by atoms with van der Waals surface area (Å²) >= 11 is 0.877. The van der Waals surface area contributed by atoms with E-state index in [4.69, 9.17) is 0 Å². The molecule has 0 aromatic heterocycles. The van der Waals surface area contributed by atoms with Gasteiger partial charge in [0.15, 0.2) is 0 Å². The number of hydrogen-bond acceptors (Lipinski definition) is 5. The Bertz CT molecular complexity index is 1000. The van der Waals surface area contributed by atoms with Crippen LogP contribution in [0.5, 0.6) is 0 Å². The second-order valence-electron chi connectivity index (χ2n) is 6.65. The lowest BCUT2D eigenvalue weighted by Gasteiger charge is -2.13. The van der Waals surface area contributed by atoms with Crippen molar-refractivity contribution in [1.29, 1.82) is 0 Å². The summed E-state index contributed by atoms with van der Waals surface area (Å²) in [4.78, 5) is 50.0. The zero-order chi connectivity index (χ0) is 21.5. The number of aryl methyl sites for hydroxylation is 1. The molecule has 2 N–H and O–H groups in total. The van der Waals surface area contributed by atoms with Crippen molar-refractivity contribution in [3.63, 3.8) is 0 Å². The Balaban J connectivity index is 1.45. The number of carbonyl (C=O) groups excluding carboxylic acids is 4. The molecule has 0 unspecified atom stereocenters. The van der Waals surface area contributed by atoms with Gasteiger partial charge in [0.2, 0.25) is 5.91 Å². The van der Waals surface area contributed by atoms with E-state index in [0.29, 0.717) is 10.5 Å². The van der Waals surface area contributed by atoms with E-state index < -0.39 is 5.91 Å². The van der Waals surface area contributed by atoms with Crippen LogP contribution in [0.2, 0.25) is 0 Å². The second kappa shape index (κ2) is 9.89. The van der Waals surface area contributed by atoms with Crippen molar-refractivity contribution in [2.24, 2.45) is 0 Å². The largest absolute Gasteiger partial charge is 0.353 e. The van der Waals surface area contributed by atoms with E-state index >= 15 is 0 Å². The van der Waals surface area contributed by atoms with Crippen molar-refractivity contribution in [2.75, 3.05) is 19.6 Å². The van der Waals surface area contributed by atoms with E-state index in [1.807, 2.05) is 43.3 Å². The monoisotopic (exact) mass is 423 g/mol. The van der Waals surface area contributed by atoms with Crippen LogP contribution in [0.1, 0.15) is 21.5 Å². The molecule has 8 heteroatoms. The molecule has 1 aliphatic rings. The van der Waals surface area contributed by atoms with Gasteiger partial charge >= 0.3 is 0 Å². The van der Waals surface area contributed by atoms with Crippen LogP contribution in [0.25, 0.3) is 6.08 Å². The van der Waals surface area contributed by atoms with Gasteiger partial charge in [-0.05, 0) is 42.5 Å². The molecule has 1 fully saturated rings. The maximum absolute atomic E-state index is 12.4. The molecule has 1 aliphatic heterocycles. The fraction of sp³-hybridized carbons (Fsp3) is 0.182. The van der Waals surface area contributed by atoms with E-state index in [0.717, 1.165) is 27.8 Å². The molecule has 30 heavy (non-hydrogen) atoms. The van der Waals surface area contributed by atoms with Gasteiger partial charge in [-0.1, -0.05) is 48.0 Å². The number of hydrogen-bond donors (Lipinski definition) is 2. The van der Waals surface area contributed by atoms with E-state index in [-0.39, 0.29) is 36.7 Å². The maximum atomic E-state index is 12.4. The third kappa shape index (κ3) is 5.57. The number of rotatable bonds is 7. The van der Waals surface area contributed by atoms with Gasteiger partial charge in [0, 0.05) is 18.7 Å². The number of nitrogens with one attached hydrogen (secondary N) is 2. The van der Waals surface area contributed by atoms with Crippen molar-refractivity contribution >= 4 is 40.8 Å². The first kappa shape index (κ1) is 21.3. The molecule has 3 rings (SSSR count). The van der Waals surface area contributed by atoms with Crippen LogP contribution in [-0.4, -0.2) is 47.5 Å². The zero-order valence-corrected chi connectivity index (χ0v) is 17.2. The van der Waals surface area contributed by atoms with Gasteiger partial charge in [0.1, 0.15) is 0 Å². The second-order valence-corrected chi connectivity index (χ2v) is 7.64. The molecular weight excluding hydrogens is 402 g/mol. The van der Waals surface area contributed by atoms with Gasteiger partial charge in [0.25, 0.3) is 17.1 Å². The van der Waals surface area contributed by atoms with Crippen LogP contribution in [0.3, 0.4) is 0 Å². The standard InChI is InChI=1S/C22H21N3O4S/c1-15-6-5-9-17(12-15)20(27)24-14-19(26)23-10-11-25-21(28)18(30-22(25)29)13-16-7-3-2-4-8-16/h2-9,12-13H,10-11,14H2,1H3,(H,23,26)(H,24,27). The Hall–Kier alpha value is -3.39. The smallest absolute Gasteiger partial charge is 0.293 e. The summed E-state index contributed by atoms with van der Waals surface area (Å²) in [5.74, 6) is -1.12. The Kier molecular flexibility index (Phi) is 7.03. The minimum Gasteiger partial charge on any atom is -0.353 e. The fourth-order valence-electron chi connectivity index (χ4n) is 2.81.